The van der Waals surface area contributed by atoms with E-state index in [2.05, 4.69) is 10.3 Å². The van der Waals surface area contributed by atoms with E-state index in [0.29, 0.717) is 11.7 Å². The van der Waals surface area contributed by atoms with Crippen molar-refractivity contribution in [3.8, 4) is 0 Å². The van der Waals surface area contributed by atoms with E-state index in [1.54, 1.807) is 6.20 Å². The Morgan fingerprint density at radius 2 is 2.47 bits per heavy atom. The maximum atomic E-state index is 12.1. The molecule has 1 saturated heterocycles. The highest BCUT2D eigenvalue weighted by Crippen LogP contribution is 2.17. The predicted molar refractivity (Wildman–Crippen MR) is 74.2 cm³/mol. The van der Waals surface area contributed by atoms with Crippen LogP contribution in [0.5, 0.6) is 0 Å². The molecule has 0 radical (unpaired) electrons. The molecule has 1 aliphatic heterocycles. The van der Waals surface area contributed by atoms with E-state index in [1.165, 1.54) is 0 Å². The van der Waals surface area contributed by atoms with Gasteiger partial charge in [-0.3, -0.25) is 5.32 Å². The highest BCUT2D eigenvalue weighted by molar-refractivity contribution is 5.88. The van der Waals surface area contributed by atoms with Crippen molar-refractivity contribution in [1.82, 2.24) is 9.88 Å². The van der Waals surface area contributed by atoms with Crippen molar-refractivity contribution in [3.05, 3.63) is 23.9 Å². The molecule has 1 aromatic heterocycles. The Morgan fingerprint density at radius 1 is 1.63 bits per heavy atom. The van der Waals surface area contributed by atoms with Crippen molar-refractivity contribution in [3.63, 3.8) is 0 Å². The number of rotatable bonds is 4. The molecule has 0 aromatic carbocycles. The Labute approximate surface area is 114 Å². The van der Waals surface area contributed by atoms with Gasteiger partial charge in [-0.05, 0) is 38.0 Å². The topological polar surface area (TPSA) is 54.5 Å². The average molecular weight is 263 g/mol. The first-order chi connectivity index (χ1) is 9.19. The van der Waals surface area contributed by atoms with Crippen LogP contribution in [0.1, 0.15) is 18.9 Å². The van der Waals surface area contributed by atoms with Crippen LogP contribution < -0.4 is 5.32 Å². The number of ether oxygens (including phenoxy) is 1. The summed E-state index contributed by atoms with van der Waals surface area (Å²) < 4.78 is 5.41. The molecule has 1 atom stereocenters. The zero-order chi connectivity index (χ0) is 13.7. The SMILES string of the molecule is CCOC[C@@H]1CCN(C(=O)Nc2cc(C)ccn2)C1. The lowest BCUT2D eigenvalue weighted by molar-refractivity contribution is 0.113. The molecule has 19 heavy (non-hydrogen) atoms. The van der Waals surface area contributed by atoms with Crippen LogP contribution in [0.4, 0.5) is 10.6 Å². The van der Waals surface area contributed by atoms with Crippen LogP contribution in [0, 0.1) is 12.8 Å². The molecule has 2 rings (SSSR count). The van der Waals surface area contributed by atoms with E-state index >= 15 is 0 Å². The predicted octanol–water partition coefficient (Wildman–Crippen LogP) is 2.28. The lowest BCUT2D eigenvalue weighted by Crippen LogP contribution is -2.33. The fourth-order valence-corrected chi connectivity index (χ4v) is 2.23. The molecule has 2 heterocycles. The quantitative estimate of drug-likeness (QED) is 0.906. The molecule has 0 unspecified atom stereocenters. The maximum Gasteiger partial charge on any atom is 0.323 e. The molecule has 0 spiro atoms. The van der Waals surface area contributed by atoms with Gasteiger partial charge in [0.05, 0.1) is 6.61 Å². The van der Waals surface area contributed by atoms with Gasteiger partial charge >= 0.3 is 6.03 Å². The fourth-order valence-electron chi connectivity index (χ4n) is 2.23. The van der Waals surface area contributed by atoms with Crippen LogP contribution in [0.15, 0.2) is 18.3 Å². The van der Waals surface area contributed by atoms with Crippen molar-refractivity contribution in [1.29, 1.82) is 0 Å². The number of anilines is 1. The van der Waals surface area contributed by atoms with Crippen molar-refractivity contribution < 1.29 is 9.53 Å². The first kappa shape index (κ1) is 13.8. The van der Waals surface area contributed by atoms with Gasteiger partial charge in [0.15, 0.2) is 0 Å². The van der Waals surface area contributed by atoms with Crippen molar-refractivity contribution >= 4 is 11.8 Å². The third-order valence-corrected chi connectivity index (χ3v) is 3.28. The Morgan fingerprint density at radius 3 is 3.21 bits per heavy atom. The third-order valence-electron chi connectivity index (χ3n) is 3.28. The molecule has 1 fully saturated rings. The number of aromatic nitrogens is 1. The summed E-state index contributed by atoms with van der Waals surface area (Å²) in [7, 11) is 0. The monoisotopic (exact) mass is 263 g/mol. The van der Waals surface area contributed by atoms with Crippen molar-refractivity contribution in [2.75, 3.05) is 31.6 Å². The lowest BCUT2D eigenvalue weighted by Gasteiger charge is -2.17. The standard InChI is InChI=1S/C14H21N3O2/c1-3-19-10-12-5-7-17(9-12)14(18)16-13-8-11(2)4-6-15-13/h4,6,8,12H,3,5,7,9-10H2,1-2H3,(H,15,16,18)/t12-/m1/s1. The molecular formula is C14H21N3O2. The summed E-state index contributed by atoms with van der Waals surface area (Å²) in [5.41, 5.74) is 1.08. The first-order valence-corrected chi connectivity index (χ1v) is 6.75. The number of carbonyl (C=O) groups excluding carboxylic acids is 1. The van der Waals surface area contributed by atoms with Gasteiger partial charge in [0.25, 0.3) is 0 Å². The Balaban J connectivity index is 1.84. The second-order valence-corrected chi connectivity index (χ2v) is 4.91. The highest BCUT2D eigenvalue weighted by Gasteiger charge is 2.26. The summed E-state index contributed by atoms with van der Waals surface area (Å²) in [6.07, 6.45) is 2.71. The number of aryl methyl sites for hydroxylation is 1. The molecule has 0 bridgehead atoms. The number of hydrogen-bond donors (Lipinski definition) is 1. The summed E-state index contributed by atoms with van der Waals surface area (Å²) in [6, 6.07) is 3.70. The van der Waals surface area contributed by atoms with Gasteiger partial charge in [-0.15, -0.1) is 0 Å². The highest BCUT2D eigenvalue weighted by atomic mass is 16.5. The minimum atomic E-state index is -0.0721. The van der Waals surface area contributed by atoms with Gasteiger partial charge in [-0.2, -0.15) is 0 Å². The summed E-state index contributed by atoms with van der Waals surface area (Å²) in [5, 5.41) is 2.84. The molecule has 1 aliphatic rings. The Bertz CT molecular complexity index is 436. The summed E-state index contributed by atoms with van der Waals surface area (Å²) >= 11 is 0. The first-order valence-electron chi connectivity index (χ1n) is 6.75. The largest absolute Gasteiger partial charge is 0.381 e. The number of likely N-dealkylation sites (tertiary alicyclic amines) is 1. The number of nitrogens with zero attached hydrogens (tertiary/aromatic N) is 2. The maximum absolute atomic E-state index is 12.1. The second-order valence-electron chi connectivity index (χ2n) is 4.91. The minimum Gasteiger partial charge on any atom is -0.381 e. The molecule has 1 N–H and O–H groups in total. The zero-order valence-electron chi connectivity index (χ0n) is 11.6. The van der Waals surface area contributed by atoms with E-state index < -0.39 is 0 Å². The summed E-state index contributed by atoms with van der Waals surface area (Å²) in [4.78, 5) is 18.0. The molecule has 2 amide bonds. The van der Waals surface area contributed by atoms with Crippen LogP contribution >= 0.6 is 0 Å². The summed E-state index contributed by atoms with van der Waals surface area (Å²) in [5.74, 6) is 1.06. The number of amides is 2. The fraction of sp³-hybridized carbons (Fsp3) is 0.571. The van der Waals surface area contributed by atoms with Gasteiger partial charge in [0.1, 0.15) is 5.82 Å². The smallest absolute Gasteiger partial charge is 0.323 e. The molecular weight excluding hydrogens is 242 g/mol. The number of carbonyl (C=O) groups is 1. The van der Waals surface area contributed by atoms with Crippen LogP contribution in [0.2, 0.25) is 0 Å². The van der Waals surface area contributed by atoms with Crippen molar-refractivity contribution in [2.45, 2.75) is 20.3 Å². The number of pyridine rings is 1. The van der Waals surface area contributed by atoms with E-state index in [-0.39, 0.29) is 6.03 Å². The molecule has 5 heteroatoms. The minimum absolute atomic E-state index is 0.0721. The molecule has 0 aliphatic carbocycles. The second kappa shape index (κ2) is 6.52. The van der Waals surface area contributed by atoms with Gasteiger partial charge in [-0.25, -0.2) is 9.78 Å². The average Bonchev–Trinajstić information content (AvgIpc) is 2.85. The normalized spacial score (nSPS) is 18.6. The van der Waals surface area contributed by atoms with Crippen LogP contribution in [0.3, 0.4) is 0 Å². The zero-order valence-corrected chi connectivity index (χ0v) is 11.6. The van der Waals surface area contributed by atoms with Crippen LogP contribution in [-0.2, 0) is 4.74 Å². The van der Waals surface area contributed by atoms with Crippen molar-refractivity contribution in [2.24, 2.45) is 5.92 Å². The summed E-state index contributed by atoms with van der Waals surface area (Å²) in [6.45, 7) is 6.99. The molecule has 0 saturated carbocycles. The van der Waals surface area contributed by atoms with Gasteiger partial charge < -0.3 is 9.64 Å². The van der Waals surface area contributed by atoms with Gasteiger partial charge in [-0.1, -0.05) is 0 Å². The van der Waals surface area contributed by atoms with E-state index in [9.17, 15) is 4.79 Å². The number of urea groups is 1. The molecule has 104 valence electrons. The number of nitrogens with one attached hydrogen (secondary N) is 1. The Hall–Kier alpha value is -1.62. The van der Waals surface area contributed by atoms with E-state index in [0.717, 1.165) is 38.3 Å². The molecule has 1 aromatic rings. The van der Waals surface area contributed by atoms with Crippen LogP contribution in [0.25, 0.3) is 0 Å². The van der Waals surface area contributed by atoms with Crippen LogP contribution in [-0.4, -0.2) is 42.2 Å². The Kier molecular flexibility index (Phi) is 4.74. The third kappa shape index (κ3) is 3.92. The van der Waals surface area contributed by atoms with Gasteiger partial charge in [0, 0.05) is 31.8 Å². The number of hydrogen-bond acceptors (Lipinski definition) is 3. The van der Waals surface area contributed by atoms with E-state index in [4.69, 9.17) is 4.74 Å². The van der Waals surface area contributed by atoms with E-state index in [1.807, 2.05) is 30.9 Å². The van der Waals surface area contributed by atoms with Gasteiger partial charge in [0.2, 0.25) is 0 Å². The lowest BCUT2D eigenvalue weighted by atomic mass is 10.1. The molecule has 5 nitrogen and oxygen atoms in total.